The summed E-state index contributed by atoms with van der Waals surface area (Å²) in [6.45, 7) is 1.54. The standard InChI is InChI=1S/C33H38O20/c1-11-22(41)25(44)27(46)31(49-11)53-30-26(45)23(42)18(10-48-20(40)9-33(2,47)8-19(38)39)51-32(30)52-29-24(43)21-16(37)6-13(34)7-17(21)50-28(29)12-3-4-14(35)15(36)5-12/h3-7,11,18,22-23,25-27,30-32,34-37,41-42,44-47H,8-10H2,1-2H3,(H,38,39). The Bertz CT molecular complexity index is 1890. The molecule has 53 heavy (non-hydrogen) atoms. The number of benzene rings is 2. The molecular weight excluding hydrogens is 716 g/mol. The van der Waals surface area contributed by atoms with Crippen LogP contribution in [0.4, 0.5) is 0 Å². The van der Waals surface area contributed by atoms with Gasteiger partial charge in [0.05, 0.1) is 24.5 Å². The Hall–Kier alpha value is -4.77. The summed E-state index contributed by atoms with van der Waals surface area (Å²) in [6.07, 6.45) is -19.7. The number of carboxylic acid groups (broad SMARTS) is 1. The lowest BCUT2D eigenvalue weighted by Crippen LogP contribution is -2.64. The van der Waals surface area contributed by atoms with Crippen molar-refractivity contribution in [2.24, 2.45) is 0 Å². The summed E-state index contributed by atoms with van der Waals surface area (Å²) < 4.78 is 33.9. The Morgan fingerprint density at radius 3 is 2.19 bits per heavy atom. The van der Waals surface area contributed by atoms with E-state index in [1.807, 2.05) is 0 Å². The van der Waals surface area contributed by atoms with Crippen molar-refractivity contribution < 1.29 is 93.9 Å². The fourth-order valence-corrected chi connectivity index (χ4v) is 5.84. The predicted octanol–water partition coefficient (Wildman–Crippen LogP) is -1.52. The van der Waals surface area contributed by atoms with E-state index in [0.717, 1.165) is 31.2 Å². The summed E-state index contributed by atoms with van der Waals surface area (Å²) in [5, 5.41) is 113. The molecule has 0 spiro atoms. The number of rotatable bonds is 11. The number of esters is 1. The van der Waals surface area contributed by atoms with Crippen molar-refractivity contribution in [3.8, 4) is 40.1 Å². The van der Waals surface area contributed by atoms with Gasteiger partial charge in [-0.3, -0.25) is 14.4 Å². The molecule has 11 atom stereocenters. The van der Waals surface area contributed by atoms with Crippen LogP contribution >= 0.6 is 0 Å². The lowest BCUT2D eigenvalue weighted by atomic mass is 9.97. The van der Waals surface area contributed by atoms with Gasteiger partial charge in [-0.2, -0.15) is 0 Å². The molecule has 3 heterocycles. The number of aliphatic carboxylic acids is 1. The van der Waals surface area contributed by atoms with Gasteiger partial charge < -0.3 is 84.3 Å². The van der Waals surface area contributed by atoms with E-state index in [1.54, 1.807) is 0 Å². The van der Waals surface area contributed by atoms with Crippen molar-refractivity contribution in [1.29, 1.82) is 0 Å². The number of carbonyl (C=O) groups excluding carboxylic acids is 1. The first-order valence-corrected chi connectivity index (χ1v) is 16.0. The van der Waals surface area contributed by atoms with Gasteiger partial charge in [0.1, 0.15) is 65.7 Å². The number of hydrogen-bond acceptors (Lipinski definition) is 19. The number of aliphatic hydroxyl groups excluding tert-OH is 5. The number of aromatic hydroxyl groups is 4. The predicted molar refractivity (Wildman–Crippen MR) is 172 cm³/mol. The molecule has 3 aromatic rings. The first-order chi connectivity index (χ1) is 24.8. The summed E-state index contributed by atoms with van der Waals surface area (Å²) in [4.78, 5) is 37.6. The number of carbonyl (C=O) groups is 2. The monoisotopic (exact) mass is 754 g/mol. The molecule has 2 fully saturated rings. The van der Waals surface area contributed by atoms with Crippen LogP contribution in [0.1, 0.15) is 26.7 Å². The van der Waals surface area contributed by atoms with Crippen LogP contribution in [0.3, 0.4) is 0 Å². The second-order valence-corrected chi connectivity index (χ2v) is 13.0. The van der Waals surface area contributed by atoms with Crippen LogP contribution in [0.15, 0.2) is 39.5 Å². The highest BCUT2D eigenvalue weighted by Crippen LogP contribution is 2.40. The molecule has 20 heteroatoms. The molecule has 2 aliphatic heterocycles. The quantitative estimate of drug-likeness (QED) is 0.0782. The Labute approximate surface area is 297 Å². The highest BCUT2D eigenvalue weighted by molar-refractivity contribution is 5.88. The van der Waals surface area contributed by atoms with E-state index in [2.05, 4.69) is 0 Å². The van der Waals surface area contributed by atoms with Crippen molar-refractivity contribution in [3.63, 3.8) is 0 Å². The fraction of sp³-hybridized carbons (Fsp3) is 0.485. The Kier molecular flexibility index (Phi) is 11.4. The minimum atomic E-state index is -2.10. The van der Waals surface area contributed by atoms with Gasteiger partial charge in [0, 0.05) is 17.7 Å². The number of carboxylic acids is 1. The van der Waals surface area contributed by atoms with Crippen LogP contribution in [0.2, 0.25) is 0 Å². The highest BCUT2D eigenvalue weighted by Gasteiger charge is 2.52. The van der Waals surface area contributed by atoms with Crippen LogP contribution in [0.25, 0.3) is 22.3 Å². The van der Waals surface area contributed by atoms with Crippen LogP contribution in [-0.2, 0) is 28.5 Å². The van der Waals surface area contributed by atoms with Crippen LogP contribution in [-0.4, -0.2) is 142 Å². The van der Waals surface area contributed by atoms with Crippen molar-refractivity contribution in [3.05, 3.63) is 40.6 Å². The molecule has 0 saturated carbocycles. The topological polar surface area (TPSA) is 333 Å². The maximum atomic E-state index is 14.0. The smallest absolute Gasteiger partial charge is 0.308 e. The van der Waals surface area contributed by atoms with Crippen LogP contribution in [0, 0.1) is 0 Å². The van der Waals surface area contributed by atoms with Gasteiger partial charge in [-0.15, -0.1) is 0 Å². The summed E-state index contributed by atoms with van der Waals surface area (Å²) >= 11 is 0. The van der Waals surface area contributed by atoms with Crippen LogP contribution < -0.4 is 10.2 Å². The van der Waals surface area contributed by atoms with E-state index >= 15 is 0 Å². The van der Waals surface area contributed by atoms with Gasteiger partial charge in [0.25, 0.3) is 0 Å². The molecule has 20 nitrogen and oxygen atoms in total. The molecule has 0 radical (unpaired) electrons. The van der Waals surface area contributed by atoms with E-state index in [0.29, 0.717) is 0 Å². The summed E-state index contributed by atoms with van der Waals surface area (Å²) in [5.74, 6) is -6.37. The Balaban J connectivity index is 1.55. The largest absolute Gasteiger partial charge is 0.508 e. The molecule has 2 saturated heterocycles. The maximum Gasteiger partial charge on any atom is 0.308 e. The Morgan fingerprint density at radius 2 is 1.53 bits per heavy atom. The zero-order valence-electron chi connectivity index (χ0n) is 27.9. The van der Waals surface area contributed by atoms with Crippen molar-refractivity contribution in [2.75, 3.05) is 6.61 Å². The molecule has 11 N–H and O–H groups in total. The number of phenolic OH excluding ortho intramolecular Hbond substituents is 4. The number of hydrogen-bond donors (Lipinski definition) is 11. The molecule has 0 amide bonds. The van der Waals surface area contributed by atoms with Crippen molar-refractivity contribution in [2.45, 2.75) is 93.7 Å². The third kappa shape index (κ3) is 8.40. The highest BCUT2D eigenvalue weighted by atomic mass is 16.8. The molecule has 0 bridgehead atoms. The first-order valence-electron chi connectivity index (χ1n) is 16.0. The van der Waals surface area contributed by atoms with Gasteiger partial charge in [0.15, 0.2) is 29.7 Å². The normalized spacial score (nSPS) is 30.0. The minimum Gasteiger partial charge on any atom is -0.508 e. The Morgan fingerprint density at radius 1 is 0.830 bits per heavy atom. The second-order valence-electron chi connectivity index (χ2n) is 13.0. The number of aliphatic hydroxyl groups is 6. The van der Waals surface area contributed by atoms with Gasteiger partial charge in [-0.25, -0.2) is 0 Å². The van der Waals surface area contributed by atoms with Crippen molar-refractivity contribution in [1.82, 2.24) is 0 Å². The van der Waals surface area contributed by atoms with E-state index in [4.69, 9.17) is 33.2 Å². The summed E-state index contributed by atoms with van der Waals surface area (Å²) in [7, 11) is 0. The van der Waals surface area contributed by atoms with E-state index in [9.17, 15) is 65.4 Å². The lowest BCUT2D eigenvalue weighted by Gasteiger charge is -2.45. The lowest BCUT2D eigenvalue weighted by molar-refractivity contribution is -0.354. The van der Waals surface area contributed by atoms with Gasteiger partial charge in [-0.05, 0) is 32.0 Å². The molecule has 2 aliphatic rings. The van der Waals surface area contributed by atoms with Gasteiger partial charge in [-0.1, -0.05) is 0 Å². The molecule has 2 aromatic carbocycles. The van der Waals surface area contributed by atoms with Gasteiger partial charge in [0.2, 0.25) is 17.5 Å². The average molecular weight is 755 g/mol. The zero-order valence-corrected chi connectivity index (χ0v) is 27.9. The number of phenols is 4. The third-order valence-electron chi connectivity index (χ3n) is 8.60. The average Bonchev–Trinajstić information content (AvgIpc) is 3.06. The molecule has 290 valence electrons. The number of ether oxygens (including phenoxy) is 5. The number of fused-ring (bicyclic) bond motifs is 1. The van der Waals surface area contributed by atoms with Crippen LogP contribution in [0.5, 0.6) is 28.7 Å². The molecule has 5 rings (SSSR count). The minimum absolute atomic E-state index is 0.123. The molecule has 0 aliphatic carbocycles. The maximum absolute atomic E-state index is 14.0. The van der Waals surface area contributed by atoms with E-state index in [1.165, 1.54) is 13.0 Å². The third-order valence-corrected chi connectivity index (χ3v) is 8.60. The second kappa shape index (κ2) is 15.3. The summed E-state index contributed by atoms with van der Waals surface area (Å²) in [5.41, 5.74) is -3.65. The SMILES string of the molecule is CC1OC(OC2C(Oc3c(-c4ccc(O)c(O)c4)oc4cc(O)cc(O)c4c3=O)OC(COC(=O)CC(C)(O)CC(=O)O)C(O)C2O)C(O)C(O)C1O. The zero-order chi connectivity index (χ0) is 39.1. The summed E-state index contributed by atoms with van der Waals surface area (Å²) in [6, 6.07) is 4.98. The fourth-order valence-electron chi connectivity index (χ4n) is 5.84. The van der Waals surface area contributed by atoms with E-state index in [-0.39, 0.29) is 11.1 Å². The van der Waals surface area contributed by atoms with Gasteiger partial charge >= 0.3 is 11.9 Å². The van der Waals surface area contributed by atoms with Crippen molar-refractivity contribution >= 4 is 22.9 Å². The molecule has 1 aromatic heterocycles. The molecular formula is C33H38O20. The van der Waals surface area contributed by atoms with E-state index < -0.39 is 144 Å². The molecule has 11 unspecified atom stereocenters. The first kappa shape index (κ1) is 39.4.